The summed E-state index contributed by atoms with van der Waals surface area (Å²) in [6.45, 7) is 8.84. The molecule has 0 amide bonds. The SMILES string of the molecule is CCN(CC)c1ncc2c(c1C(=O)O)CCN([C@@H]1CCOC1)C2. The van der Waals surface area contributed by atoms with E-state index in [1.54, 1.807) is 0 Å². The first-order chi connectivity index (χ1) is 11.2. The fraction of sp³-hybridized carbons (Fsp3) is 0.647. The van der Waals surface area contributed by atoms with Gasteiger partial charge in [-0.3, -0.25) is 4.90 Å². The summed E-state index contributed by atoms with van der Waals surface area (Å²) in [5.41, 5.74) is 2.41. The van der Waals surface area contributed by atoms with Crippen LogP contribution in [0.1, 0.15) is 41.8 Å². The summed E-state index contributed by atoms with van der Waals surface area (Å²) < 4.78 is 5.48. The van der Waals surface area contributed by atoms with Gasteiger partial charge in [0, 0.05) is 45.0 Å². The molecule has 126 valence electrons. The van der Waals surface area contributed by atoms with Crippen molar-refractivity contribution in [3.63, 3.8) is 0 Å². The molecule has 3 heterocycles. The molecule has 0 spiro atoms. The number of fused-ring (bicyclic) bond motifs is 1. The highest BCUT2D eigenvalue weighted by Crippen LogP contribution is 2.30. The Labute approximate surface area is 137 Å². The summed E-state index contributed by atoms with van der Waals surface area (Å²) in [6.07, 6.45) is 3.70. The molecule has 0 aromatic carbocycles. The zero-order chi connectivity index (χ0) is 16.4. The fourth-order valence-electron chi connectivity index (χ4n) is 3.66. The van der Waals surface area contributed by atoms with E-state index in [0.717, 1.165) is 63.4 Å². The number of carbonyl (C=O) groups is 1. The Morgan fingerprint density at radius 1 is 1.48 bits per heavy atom. The summed E-state index contributed by atoms with van der Waals surface area (Å²) in [4.78, 5) is 20.8. The van der Waals surface area contributed by atoms with Crippen molar-refractivity contribution in [1.29, 1.82) is 0 Å². The number of pyridine rings is 1. The Morgan fingerprint density at radius 3 is 2.87 bits per heavy atom. The molecule has 1 N–H and O–H groups in total. The standard InChI is InChI=1S/C17H25N3O3/c1-3-19(4-2)16-15(17(21)22)14-5-7-20(10-12(14)9-18-16)13-6-8-23-11-13/h9,13H,3-8,10-11H2,1-2H3,(H,21,22)/t13-/m1/s1. The van der Waals surface area contributed by atoms with E-state index >= 15 is 0 Å². The molecule has 23 heavy (non-hydrogen) atoms. The highest BCUT2D eigenvalue weighted by atomic mass is 16.5. The Morgan fingerprint density at radius 2 is 2.26 bits per heavy atom. The Bertz CT molecular complexity index is 581. The summed E-state index contributed by atoms with van der Waals surface area (Å²) in [6, 6.07) is 0.457. The number of nitrogens with zero attached hydrogens (tertiary/aromatic N) is 3. The number of carboxylic acid groups (broad SMARTS) is 1. The minimum absolute atomic E-state index is 0.397. The molecular formula is C17H25N3O3. The van der Waals surface area contributed by atoms with Gasteiger partial charge in [0.15, 0.2) is 0 Å². The van der Waals surface area contributed by atoms with E-state index in [9.17, 15) is 9.90 Å². The number of hydrogen-bond donors (Lipinski definition) is 1. The van der Waals surface area contributed by atoms with Gasteiger partial charge >= 0.3 is 5.97 Å². The van der Waals surface area contributed by atoms with Crippen molar-refractivity contribution in [3.8, 4) is 0 Å². The van der Waals surface area contributed by atoms with Crippen molar-refractivity contribution >= 4 is 11.8 Å². The van der Waals surface area contributed by atoms with E-state index in [-0.39, 0.29) is 0 Å². The number of ether oxygens (including phenoxy) is 1. The maximum atomic E-state index is 11.9. The quantitative estimate of drug-likeness (QED) is 0.892. The Kier molecular flexibility index (Phi) is 4.82. The van der Waals surface area contributed by atoms with Crippen molar-refractivity contribution in [3.05, 3.63) is 22.9 Å². The molecular weight excluding hydrogens is 294 g/mol. The lowest BCUT2D eigenvalue weighted by molar-refractivity contribution is 0.0694. The molecule has 0 bridgehead atoms. The minimum Gasteiger partial charge on any atom is -0.478 e. The second kappa shape index (κ2) is 6.84. The average Bonchev–Trinajstić information content (AvgIpc) is 3.09. The maximum absolute atomic E-state index is 11.9. The smallest absolute Gasteiger partial charge is 0.339 e. The average molecular weight is 319 g/mol. The van der Waals surface area contributed by atoms with E-state index in [1.165, 1.54) is 0 Å². The predicted octanol–water partition coefficient (Wildman–Crippen LogP) is 1.77. The molecule has 0 unspecified atom stereocenters. The van der Waals surface area contributed by atoms with Crippen LogP contribution in [-0.2, 0) is 17.7 Å². The van der Waals surface area contributed by atoms with Crippen LogP contribution in [0.15, 0.2) is 6.20 Å². The Balaban J connectivity index is 1.93. The minimum atomic E-state index is -0.867. The first-order valence-electron chi connectivity index (χ1n) is 8.46. The molecule has 1 aromatic heterocycles. The van der Waals surface area contributed by atoms with Crippen LogP contribution in [0, 0.1) is 0 Å². The zero-order valence-electron chi connectivity index (χ0n) is 13.9. The third kappa shape index (κ3) is 3.05. The molecule has 1 atom stereocenters. The van der Waals surface area contributed by atoms with Gasteiger partial charge in [0.25, 0.3) is 0 Å². The lowest BCUT2D eigenvalue weighted by Crippen LogP contribution is -2.40. The van der Waals surface area contributed by atoms with E-state index in [4.69, 9.17) is 4.74 Å². The van der Waals surface area contributed by atoms with E-state index < -0.39 is 5.97 Å². The van der Waals surface area contributed by atoms with Gasteiger partial charge in [0.05, 0.1) is 6.61 Å². The van der Waals surface area contributed by atoms with Crippen molar-refractivity contribution < 1.29 is 14.6 Å². The molecule has 2 aliphatic rings. The van der Waals surface area contributed by atoms with Gasteiger partial charge in [-0.2, -0.15) is 0 Å². The van der Waals surface area contributed by atoms with Crippen LogP contribution in [0.2, 0.25) is 0 Å². The topological polar surface area (TPSA) is 65.9 Å². The highest BCUT2D eigenvalue weighted by Gasteiger charge is 2.30. The van der Waals surface area contributed by atoms with Crippen LogP contribution in [0.5, 0.6) is 0 Å². The Hall–Kier alpha value is -1.66. The lowest BCUT2D eigenvalue weighted by Gasteiger charge is -2.34. The highest BCUT2D eigenvalue weighted by molar-refractivity contribution is 5.95. The van der Waals surface area contributed by atoms with Gasteiger partial charge in [-0.25, -0.2) is 9.78 Å². The van der Waals surface area contributed by atoms with Crippen LogP contribution in [0.4, 0.5) is 5.82 Å². The molecule has 0 radical (unpaired) electrons. The number of anilines is 1. The second-order valence-corrected chi connectivity index (χ2v) is 6.18. The summed E-state index contributed by atoms with van der Waals surface area (Å²) in [7, 11) is 0. The normalized spacial score (nSPS) is 21.2. The van der Waals surface area contributed by atoms with Gasteiger partial charge in [0.2, 0.25) is 0 Å². The van der Waals surface area contributed by atoms with Crippen molar-refractivity contribution in [2.45, 2.75) is 39.3 Å². The molecule has 0 saturated carbocycles. The largest absolute Gasteiger partial charge is 0.478 e. The van der Waals surface area contributed by atoms with Crippen LogP contribution in [-0.4, -0.2) is 59.8 Å². The van der Waals surface area contributed by atoms with Gasteiger partial charge in [-0.15, -0.1) is 0 Å². The van der Waals surface area contributed by atoms with E-state index in [0.29, 0.717) is 17.4 Å². The van der Waals surface area contributed by atoms with Gasteiger partial charge in [-0.1, -0.05) is 0 Å². The molecule has 6 heteroatoms. The van der Waals surface area contributed by atoms with Crippen LogP contribution in [0.25, 0.3) is 0 Å². The van der Waals surface area contributed by atoms with Crippen LogP contribution >= 0.6 is 0 Å². The van der Waals surface area contributed by atoms with Gasteiger partial charge < -0.3 is 14.7 Å². The van der Waals surface area contributed by atoms with Crippen LogP contribution in [0.3, 0.4) is 0 Å². The number of rotatable bonds is 5. The molecule has 1 aromatic rings. The van der Waals surface area contributed by atoms with Crippen molar-refractivity contribution in [1.82, 2.24) is 9.88 Å². The predicted molar refractivity (Wildman–Crippen MR) is 88.1 cm³/mol. The van der Waals surface area contributed by atoms with Crippen LogP contribution < -0.4 is 4.90 Å². The van der Waals surface area contributed by atoms with E-state index in [2.05, 4.69) is 9.88 Å². The first-order valence-corrected chi connectivity index (χ1v) is 8.46. The fourth-order valence-corrected chi connectivity index (χ4v) is 3.66. The summed E-state index contributed by atoms with van der Waals surface area (Å²) >= 11 is 0. The van der Waals surface area contributed by atoms with Crippen molar-refractivity contribution in [2.75, 3.05) is 37.7 Å². The van der Waals surface area contributed by atoms with Gasteiger partial charge in [0.1, 0.15) is 11.4 Å². The summed E-state index contributed by atoms with van der Waals surface area (Å²) in [5, 5.41) is 9.74. The number of hydrogen-bond acceptors (Lipinski definition) is 5. The maximum Gasteiger partial charge on any atom is 0.339 e. The molecule has 6 nitrogen and oxygen atoms in total. The van der Waals surface area contributed by atoms with Gasteiger partial charge in [-0.05, 0) is 37.8 Å². The molecule has 2 aliphatic heterocycles. The summed E-state index contributed by atoms with van der Waals surface area (Å²) in [5.74, 6) is -0.257. The molecule has 3 rings (SSSR count). The molecule has 1 saturated heterocycles. The first kappa shape index (κ1) is 16.2. The second-order valence-electron chi connectivity index (χ2n) is 6.18. The lowest BCUT2D eigenvalue weighted by atomic mass is 9.95. The monoisotopic (exact) mass is 319 g/mol. The van der Waals surface area contributed by atoms with Crippen molar-refractivity contribution in [2.24, 2.45) is 0 Å². The molecule has 1 fully saturated rings. The van der Waals surface area contributed by atoms with E-state index in [1.807, 2.05) is 24.9 Å². The number of aromatic carboxylic acids is 1. The molecule has 0 aliphatic carbocycles. The number of aromatic nitrogens is 1. The third-order valence-electron chi connectivity index (χ3n) is 4.98. The zero-order valence-corrected chi connectivity index (χ0v) is 13.9. The third-order valence-corrected chi connectivity index (χ3v) is 4.98. The number of carboxylic acids is 1.